The van der Waals surface area contributed by atoms with Crippen LogP contribution in [-0.2, 0) is 0 Å². The van der Waals surface area contributed by atoms with Crippen molar-refractivity contribution >= 4 is 27.3 Å². The summed E-state index contributed by atoms with van der Waals surface area (Å²) < 4.78 is 13.5. The number of nitrogens with one attached hydrogen (secondary N) is 2. The van der Waals surface area contributed by atoms with Crippen molar-refractivity contribution in [3.63, 3.8) is 0 Å². The minimum absolute atomic E-state index is 0.0974. The van der Waals surface area contributed by atoms with Gasteiger partial charge in [0.25, 0.3) is 5.69 Å². The van der Waals surface area contributed by atoms with Gasteiger partial charge in [-0.25, -0.2) is 4.39 Å². The summed E-state index contributed by atoms with van der Waals surface area (Å²) in [6.45, 7) is 1.44. The minimum atomic E-state index is -0.519. The van der Waals surface area contributed by atoms with Crippen molar-refractivity contribution in [3.8, 4) is 0 Å². The van der Waals surface area contributed by atoms with Gasteiger partial charge in [0.2, 0.25) is 0 Å². The molecule has 0 unspecified atom stereocenters. The highest BCUT2D eigenvalue weighted by Crippen LogP contribution is 2.30. The van der Waals surface area contributed by atoms with Crippen LogP contribution in [0.2, 0.25) is 0 Å². The van der Waals surface area contributed by atoms with Gasteiger partial charge in [0.15, 0.2) is 0 Å². The lowest BCUT2D eigenvalue weighted by Gasteiger charge is -2.08. The Morgan fingerprint density at radius 3 is 2.79 bits per heavy atom. The molecule has 0 aliphatic heterocycles. The molecule has 1 aliphatic carbocycles. The predicted molar refractivity (Wildman–Crippen MR) is 74.9 cm³/mol. The summed E-state index contributed by atoms with van der Waals surface area (Å²) in [4.78, 5) is 10.4. The highest BCUT2D eigenvalue weighted by molar-refractivity contribution is 9.10. The van der Waals surface area contributed by atoms with Gasteiger partial charge in [-0.3, -0.25) is 10.1 Å². The fraction of sp³-hybridized carbons (Fsp3) is 0.500. The van der Waals surface area contributed by atoms with Gasteiger partial charge in [-0.05, 0) is 41.7 Å². The van der Waals surface area contributed by atoms with E-state index >= 15 is 0 Å². The van der Waals surface area contributed by atoms with Crippen molar-refractivity contribution in [2.75, 3.05) is 18.4 Å². The quantitative estimate of drug-likeness (QED) is 0.458. The zero-order valence-corrected chi connectivity index (χ0v) is 11.9. The first-order valence-corrected chi connectivity index (χ1v) is 6.98. The van der Waals surface area contributed by atoms with Crippen molar-refractivity contribution in [2.24, 2.45) is 0 Å². The van der Waals surface area contributed by atoms with E-state index in [1.54, 1.807) is 0 Å². The van der Waals surface area contributed by atoms with Gasteiger partial charge in [0, 0.05) is 24.7 Å². The van der Waals surface area contributed by atoms with E-state index in [9.17, 15) is 14.5 Å². The summed E-state index contributed by atoms with van der Waals surface area (Å²) in [6.07, 6.45) is 3.30. The number of nitrogens with zero attached hydrogens (tertiary/aromatic N) is 1. The average Bonchev–Trinajstić information content (AvgIpc) is 3.16. The van der Waals surface area contributed by atoms with Crippen LogP contribution in [-0.4, -0.2) is 24.1 Å². The Bertz CT molecular complexity index is 480. The van der Waals surface area contributed by atoms with Crippen molar-refractivity contribution in [2.45, 2.75) is 25.3 Å². The van der Waals surface area contributed by atoms with Gasteiger partial charge in [0.05, 0.1) is 9.40 Å². The molecular weight excluding hydrogens is 317 g/mol. The number of nitro groups is 1. The van der Waals surface area contributed by atoms with Crippen LogP contribution < -0.4 is 10.6 Å². The van der Waals surface area contributed by atoms with Crippen LogP contribution in [0.1, 0.15) is 19.3 Å². The zero-order valence-electron chi connectivity index (χ0n) is 10.3. The molecule has 0 heterocycles. The third kappa shape index (κ3) is 4.14. The van der Waals surface area contributed by atoms with Crippen molar-refractivity contribution < 1.29 is 9.31 Å². The Labute approximate surface area is 118 Å². The third-order valence-electron chi connectivity index (χ3n) is 2.91. The van der Waals surface area contributed by atoms with Gasteiger partial charge >= 0.3 is 0 Å². The first-order chi connectivity index (χ1) is 9.08. The van der Waals surface area contributed by atoms with E-state index in [0.29, 0.717) is 12.6 Å². The van der Waals surface area contributed by atoms with Gasteiger partial charge in [-0.2, -0.15) is 0 Å². The maximum absolute atomic E-state index is 13.4. The Balaban J connectivity index is 1.89. The summed E-state index contributed by atoms with van der Waals surface area (Å²) in [5.74, 6) is -0.510. The minimum Gasteiger partial charge on any atom is -0.379 e. The number of anilines is 1. The number of hydrogen-bond donors (Lipinski definition) is 2. The molecule has 1 saturated carbocycles. The fourth-order valence-electron chi connectivity index (χ4n) is 1.73. The van der Waals surface area contributed by atoms with E-state index in [0.717, 1.165) is 19.0 Å². The Morgan fingerprint density at radius 2 is 2.16 bits per heavy atom. The van der Waals surface area contributed by atoms with E-state index in [1.807, 2.05) is 0 Å². The first kappa shape index (κ1) is 14.2. The van der Waals surface area contributed by atoms with Crippen LogP contribution in [0, 0.1) is 15.9 Å². The Morgan fingerprint density at radius 1 is 1.42 bits per heavy atom. The Hall–Kier alpha value is -1.21. The molecule has 0 amide bonds. The van der Waals surface area contributed by atoms with Crippen LogP contribution in [0.3, 0.4) is 0 Å². The summed E-state index contributed by atoms with van der Waals surface area (Å²) >= 11 is 2.95. The van der Waals surface area contributed by atoms with Crippen molar-refractivity contribution in [3.05, 3.63) is 32.5 Å². The second kappa shape index (κ2) is 6.29. The van der Waals surface area contributed by atoms with E-state index in [-0.39, 0.29) is 15.8 Å². The molecule has 0 spiro atoms. The lowest BCUT2D eigenvalue weighted by Crippen LogP contribution is -2.20. The molecule has 5 nitrogen and oxygen atoms in total. The topological polar surface area (TPSA) is 67.2 Å². The number of benzene rings is 1. The molecular formula is C12H15BrFN3O2. The number of nitro benzene ring substituents is 1. The van der Waals surface area contributed by atoms with Crippen molar-refractivity contribution in [1.29, 1.82) is 0 Å². The molecule has 0 radical (unpaired) electrons. The van der Waals surface area contributed by atoms with Crippen LogP contribution in [0.25, 0.3) is 0 Å². The summed E-state index contributed by atoms with van der Waals surface area (Å²) in [5, 5.41) is 17.1. The first-order valence-electron chi connectivity index (χ1n) is 6.18. The van der Waals surface area contributed by atoms with Gasteiger partial charge in [-0.1, -0.05) is 0 Å². The lowest BCUT2D eigenvalue weighted by molar-refractivity contribution is -0.384. The molecule has 0 saturated heterocycles. The third-order valence-corrected chi connectivity index (χ3v) is 3.52. The molecule has 0 bridgehead atoms. The predicted octanol–water partition coefficient (Wildman–Crippen LogP) is 3.05. The highest BCUT2D eigenvalue weighted by Gasteiger charge is 2.20. The normalized spacial score (nSPS) is 14.4. The van der Waals surface area contributed by atoms with E-state index in [1.165, 1.54) is 18.9 Å². The molecule has 1 fully saturated rings. The molecule has 19 heavy (non-hydrogen) atoms. The highest BCUT2D eigenvalue weighted by atomic mass is 79.9. The second-order valence-corrected chi connectivity index (χ2v) is 5.40. The number of halogens is 2. The van der Waals surface area contributed by atoms with Crippen molar-refractivity contribution in [1.82, 2.24) is 5.32 Å². The SMILES string of the molecule is O=[N+]([O-])c1cc(Br)c(F)cc1NCCCNC1CC1. The fourth-order valence-corrected chi connectivity index (χ4v) is 2.07. The molecule has 1 aromatic rings. The lowest BCUT2D eigenvalue weighted by atomic mass is 10.2. The molecule has 2 N–H and O–H groups in total. The molecule has 7 heteroatoms. The van der Waals surface area contributed by atoms with Crippen LogP contribution in [0.15, 0.2) is 16.6 Å². The zero-order chi connectivity index (χ0) is 13.8. The van der Waals surface area contributed by atoms with Gasteiger partial charge in [0.1, 0.15) is 11.5 Å². The van der Waals surface area contributed by atoms with E-state index in [2.05, 4.69) is 26.6 Å². The molecule has 1 aliphatic rings. The largest absolute Gasteiger partial charge is 0.379 e. The summed E-state index contributed by atoms with van der Waals surface area (Å²) in [5.41, 5.74) is 0.0977. The molecule has 2 rings (SSSR count). The maximum atomic E-state index is 13.4. The van der Waals surface area contributed by atoms with Crippen LogP contribution >= 0.6 is 15.9 Å². The number of hydrogen-bond acceptors (Lipinski definition) is 4. The summed E-state index contributed by atoms with van der Waals surface area (Å²) in [6, 6.07) is 2.98. The second-order valence-electron chi connectivity index (χ2n) is 4.55. The molecule has 0 atom stereocenters. The maximum Gasteiger partial charge on any atom is 0.293 e. The average molecular weight is 332 g/mol. The molecule has 1 aromatic carbocycles. The molecule has 104 valence electrons. The van der Waals surface area contributed by atoms with Gasteiger partial charge < -0.3 is 10.6 Å². The monoisotopic (exact) mass is 331 g/mol. The molecule has 0 aromatic heterocycles. The van der Waals surface area contributed by atoms with Crippen LogP contribution in [0.5, 0.6) is 0 Å². The number of rotatable bonds is 7. The van der Waals surface area contributed by atoms with E-state index in [4.69, 9.17) is 0 Å². The summed E-state index contributed by atoms with van der Waals surface area (Å²) in [7, 11) is 0. The smallest absolute Gasteiger partial charge is 0.293 e. The standard InChI is InChI=1S/C12H15BrFN3O2/c13-9-6-12(17(18)19)11(7-10(9)14)16-5-1-4-15-8-2-3-8/h6-8,15-16H,1-5H2. The van der Waals surface area contributed by atoms with E-state index < -0.39 is 10.7 Å². The van der Waals surface area contributed by atoms with Crippen LogP contribution in [0.4, 0.5) is 15.8 Å². The Kier molecular flexibility index (Phi) is 4.71. The van der Waals surface area contributed by atoms with Gasteiger partial charge in [-0.15, -0.1) is 0 Å².